The van der Waals surface area contributed by atoms with E-state index in [1.807, 2.05) is 6.92 Å². The highest BCUT2D eigenvalue weighted by atomic mass is 16.5. The van der Waals surface area contributed by atoms with Gasteiger partial charge < -0.3 is 28.8 Å². The Labute approximate surface area is 152 Å². The SMILES string of the molecule is COC(=O)c1c(OC)cc(C)cc1Oc1c(CO)cc(OC)cc1OC. The lowest BCUT2D eigenvalue weighted by atomic mass is 10.1. The maximum Gasteiger partial charge on any atom is 0.345 e. The second-order valence-corrected chi connectivity index (χ2v) is 5.41. The summed E-state index contributed by atoms with van der Waals surface area (Å²) in [5.41, 5.74) is 1.40. The molecule has 0 amide bonds. The first-order chi connectivity index (χ1) is 12.5. The molecule has 0 heterocycles. The minimum atomic E-state index is -0.602. The first-order valence-electron chi connectivity index (χ1n) is 7.79. The molecule has 0 saturated heterocycles. The van der Waals surface area contributed by atoms with Crippen LogP contribution in [0.4, 0.5) is 0 Å². The summed E-state index contributed by atoms with van der Waals surface area (Å²) >= 11 is 0. The van der Waals surface area contributed by atoms with Gasteiger partial charge in [0.05, 0.1) is 35.0 Å². The zero-order chi connectivity index (χ0) is 19.3. The van der Waals surface area contributed by atoms with Crippen LogP contribution in [0.2, 0.25) is 0 Å². The maximum absolute atomic E-state index is 12.2. The lowest BCUT2D eigenvalue weighted by molar-refractivity contribution is 0.0594. The molecular weight excluding hydrogens is 340 g/mol. The van der Waals surface area contributed by atoms with Crippen molar-refractivity contribution in [1.29, 1.82) is 0 Å². The van der Waals surface area contributed by atoms with Gasteiger partial charge in [0, 0.05) is 11.6 Å². The molecule has 2 rings (SSSR count). The van der Waals surface area contributed by atoms with Crippen LogP contribution >= 0.6 is 0 Å². The van der Waals surface area contributed by atoms with Gasteiger partial charge in [0.25, 0.3) is 0 Å². The van der Waals surface area contributed by atoms with E-state index in [-0.39, 0.29) is 23.7 Å². The fourth-order valence-electron chi connectivity index (χ4n) is 2.51. The van der Waals surface area contributed by atoms with Crippen molar-refractivity contribution in [2.45, 2.75) is 13.5 Å². The Bertz CT molecular complexity index is 774. The minimum Gasteiger partial charge on any atom is -0.497 e. The first kappa shape index (κ1) is 19.4. The molecule has 0 aromatic heterocycles. The van der Waals surface area contributed by atoms with Crippen molar-refractivity contribution >= 4 is 5.97 Å². The normalized spacial score (nSPS) is 10.2. The highest BCUT2D eigenvalue weighted by Gasteiger charge is 2.23. The molecule has 0 spiro atoms. The van der Waals surface area contributed by atoms with Gasteiger partial charge in [-0.05, 0) is 30.7 Å². The molecule has 140 valence electrons. The van der Waals surface area contributed by atoms with Gasteiger partial charge in [-0.25, -0.2) is 4.79 Å². The van der Waals surface area contributed by atoms with E-state index in [0.29, 0.717) is 22.8 Å². The predicted molar refractivity (Wildman–Crippen MR) is 94.6 cm³/mol. The molecule has 26 heavy (non-hydrogen) atoms. The molecule has 0 fully saturated rings. The van der Waals surface area contributed by atoms with E-state index in [0.717, 1.165) is 5.56 Å². The van der Waals surface area contributed by atoms with E-state index in [1.54, 1.807) is 24.3 Å². The van der Waals surface area contributed by atoms with Crippen LogP contribution in [0.5, 0.6) is 28.7 Å². The molecule has 0 saturated carbocycles. The third kappa shape index (κ3) is 3.83. The van der Waals surface area contributed by atoms with Crippen LogP contribution in [-0.2, 0) is 11.3 Å². The maximum atomic E-state index is 12.2. The molecule has 0 unspecified atom stereocenters. The number of hydrogen-bond acceptors (Lipinski definition) is 7. The molecule has 0 bridgehead atoms. The number of esters is 1. The van der Waals surface area contributed by atoms with Crippen molar-refractivity contribution in [3.8, 4) is 28.7 Å². The van der Waals surface area contributed by atoms with Crippen molar-refractivity contribution < 1.29 is 33.6 Å². The number of carbonyl (C=O) groups is 1. The van der Waals surface area contributed by atoms with Gasteiger partial charge in [-0.3, -0.25) is 0 Å². The zero-order valence-corrected chi connectivity index (χ0v) is 15.4. The number of aryl methyl sites for hydroxylation is 1. The molecule has 2 aromatic rings. The number of methoxy groups -OCH3 is 4. The van der Waals surface area contributed by atoms with Gasteiger partial charge >= 0.3 is 5.97 Å². The number of aliphatic hydroxyl groups is 1. The lowest BCUT2D eigenvalue weighted by Gasteiger charge is -2.18. The Morgan fingerprint density at radius 1 is 0.923 bits per heavy atom. The summed E-state index contributed by atoms with van der Waals surface area (Å²) in [6.07, 6.45) is 0. The lowest BCUT2D eigenvalue weighted by Crippen LogP contribution is -2.08. The molecule has 1 N–H and O–H groups in total. The number of ether oxygens (including phenoxy) is 5. The summed E-state index contributed by atoms with van der Waals surface area (Å²) in [7, 11) is 5.72. The highest BCUT2D eigenvalue weighted by Crippen LogP contribution is 2.41. The van der Waals surface area contributed by atoms with Crippen LogP contribution in [0.1, 0.15) is 21.5 Å². The van der Waals surface area contributed by atoms with Crippen molar-refractivity contribution in [2.75, 3.05) is 28.4 Å². The number of aliphatic hydroxyl groups excluding tert-OH is 1. The monoisotopic (exact) mass is 362 g/mol. The van der Waals surface area contributed by atoms with Gasteiger partial charge in [0.2, 0.25) is 0 Å². The Kier molecular flexibility index (Phi) is 6.30. The molecule has 0 aliphatic heterocycles. The molecule has 7 nitrogen and oxygen atoms in total. The van der Waals surface area contributed by atoms with E-state index in [9.17, 15) is 9.90 Å². The van der Waals surface area contributed by atoms with Crippen molar-refractivity contribution in [3.63, 3.8) is 0 Å². The Hall–Kier alpha value is -2.93. The van der Waals surface area contributed by atoms with Crippen LogP contribution in [0, 0.1) is 6.92 Å². The summed E-state index contributed by atoms with van der Waals surface area (Å²) in [5, 5.41) is 9.71. The first-order valence-corrected chi connectivity index (χ1v) is 7.79. The standard InChI is InChI=1S/C19H22O7/c1-11-6-14(23-3)17(19(21)25-5)15(7-11)26-18-12(10-20)8-13(22-2)9-16(18)24-4/h6-9,20H,10H2,1-5H3. The van der Waals surface area contributed by atoms with Crippen LogP contribution in [0.3, 0.4) is 0 Å². The average Bonchev–Trinajstić information content (AvgIpc) is 2.66. The number of hydrogen-bond donors (Lipinski definition) is 1. The summed E-state index contributed by atoms with van der Waals surface area (Å²) in [5.74, 6) is 1.08. The van der Waals surface area contributed by atoms with Gasteiger partial charge in [0.15, 0.2) is 11.5 Å². The van der Waals surface area contributed by atoms with Gasteiger partial charge in [-0.2, -0.15) is 0 Å². The quantitative estimate of drug-likeness (QED) is 0.758. The van der Waals surface area contributed by atoms with Gasteiger partial charge in [-0.1, -0.05) is 0 Å². The molecule has 7 heteroatoms. The Morgan fingerprint density at radius 3 is 2.12 bits per heavy atom. The second kappa shape index (κ2) is 8.44. The highest BCUT2D eigenvalue weighted by molar-refractivity contribution is 5.96. The Balaban J connectivity index is 2.65. The van der Waals surface area contributed by atoms with Crippen molar-refractivity contribution in [3.05, 3.63) is 41.0 Å². The third-order valence-electron chi connectivity index (χ3n) is 3.76. The largest absolute Gasteiger partial charge is 0.497 e. The van der Waals surface area contributed by atoms with E-state index in [4.69, 9.17) is 23.7 Å². The summed E-state index contributed by atoms with van der Waals surface area (Å²) in [4.78, 5) is 12.2. The molecule has 2 aromatic carbocycles. The van der Waals surface area contributed by atoms with E-state index in [1.165, 1.54) is 28.4 Å². The molecule has 0 radical (unpaired) electrons. The summed E-state index contributed by atoms with van der Waals surface area (Å²) < 4.78 is 26.7. The summed E-state index contributed by atoms with van der Waals surface area (Å²) in [6, 6.07) is 6.64. The summed E-state index contributed by atoms with van der Waals surface area (Å²) in [6.45, 7) is 1.54. The average molecular weight is 362 g/mol. The number of rotatable bonds is 7. The van der Waals surface area contributed by atoms with E-state index in [2.05, 4.69) is 0 Å². The van der Waals surface area contributed by atoms with Crippen LogP contribution < -0.4 is 18.9 Å². The van der Waals surface area contributed by atoms with Gasteiger partial charge in [0.1, 0.15) is 22.8 Å². The smallest absolute Gasteiger partial charge is 0.345 e. The third-order valence-corrected chi connectivity index (χ3v) is 3.76. The van der Waals surface area contributed by atoms with Crippen molar-refractivity contribution in [1.82, 2.24) is 0 Å². The number of carbonyl (C=O) groups excluding carboxylic acids is 1. The fraction of sp³-hybridized carbons (Fsp3) is 0.316. The predicted octanol–water partition coefficient (Wildman–Crippen LogP) is 3.09. The fourth-order valence-corrected chi connectivity index (χ4v) is 2.51. The zero-order valence-electron chi connectivity index (χ0n) is 15.4. The second-order valence-electron chi connectivity index (χ2n) is 5.41. The van der Waals surface area contributed by atoms with Crippen LogP contribution in [0.25, 0.3) is 0 Å². The number of benzene rings is 2. The minimum absolute atomic E-state index is 0.141. The topological polar surface area (TPSA) is 83.5 Å². The molecular formula is C19H22O7. The van der Waals surface area contributed by atoms with Crippen LogP contribution in [-0.4, -0.2) is 39.5 Å². The van der Waals surface area contributed by atoms with E-state index < -0.39 is 5.97 Å². The molecule has 0 aliphatic rings. The van der Waals surface area contributed by atoms with E-state index >= 15 is 0 Å². The molecule has 0 atom stereocenters. The van der Waals surface area contributed by atoms with Gasteiger partial charge in [-0.15, -0.1) is 0 Å². The van der Waals surface area contributed by atoms with Crippen LogP contribution in [0.15, 0.2) is 24.3 Å². The molecule has 0 aliphatic carbocycles. The Morgan fingerprint density at radius 2 is 1.58 bits per heavy atom. The van der Waals surface area contributed by atoms with Crippen molar-refractivity contribution in [2.24, 2.45) is 0 Å².